The number of anilines is 1. The second-order valence-electron chi connectivity index (χ2n) is 8.37. The summed E-state index contributed by atoms with van der Waals surface area (Å²) in [7, 11) is -3.75. The maximum atomic E-state index is 12.8. The van der Waals surface area contributed by atoms with E-state index in [-0.39, 0.29) is 17.2 Å². The van der Waals surface area contributed by atoms with Crippen LogP contribution in [0.3, 0.4) is 0 Å². The summed E-state index contributed by atoms with van der Waals surface area (Å²) in [6.07, 6.45) is 0.197. The third-order valence-corrected chi connectivity index (χ3v) is 7.21. The highest BCUT2D eigenvalue weighted by molar-refractivity contribution is 7.90. The number of hydrogen-bond donors (Lipinski definition) is 1. The zero-order chi connectivity index (χ0) is 24.5. The summed E-state index contributed by atoms with van der Waals surface area (Å²) in [5.41, 5.74) is 1.54. The lowest BCUT2D eigenvalue weighted by Gasteiger charge is -2.33. The van der Waals surface area contributed by atoms with E-state index in [0.717, 1.165) is 0 Å². The standard InChI is InChI=1S/C24H25N3O6S/c1-15(28)17-9-11-19(12-10-17)25-23(29)16(2)33-24(30)18-6-5-13-27(14-18)22-20-7-3-4-8-21(20)34(31,32)26-22/h3-4,7-12,16,18H,5-6,13-14H2,1-2H3,(H,25,29)/t16-,18-/m1/s1. The van der Waals surface area contributed by atoms with Crippen molar-refractivity contribution in [3.05, 3.63) is 59.7 Å². The number of piperidine rings is 1. The van der Waals surface area contributed by atoms with Crippen LogP contribution < -0.4 is 5.32 Å². The van der Waals surface area contributed by atoms with E-state index >= 15 is 0 Å². The van der Waals surface area contributed by atoms with E-state index in [2.05, 4.69) is 9.71 Å². The predicted octanol–water partition coefficient (Wildman–Crippen LogP) is 2.62. The number of nitrogens with one attached hydrogen (secondary N) is 1. The number of amides is 1. The number of benzene rings is 2. The average molecular weight is 484 g/mol. The number of amidine groups is 1. The van der Waals surface area contributed by atoms with Crippen LogP contribution in [-0.2, 0) is 24.3 Å². The molecule has 2 aliphatic heterocycles. The van der Waals surface area contributed by atoms with Crippen LogP contribution in [0.1, 0.15) is 42.6 Å². The molecule has 178 valence electrons. The lowest BCUT2D eigenvalue weighted by Crippen LogP contribution is -2.44. The van der Waals surface area contributed by atoms with E-state index < -0.39 is 33.9 Å². The molecule has 1 fully saturated rings. The minimum Gasteiger partial charge on any atom is -0.452 e. The largest absolute Gasteiger partial charge is 0.452 e. The van der Waals surface area contributed by atoms with Crippen LogP contribution >= 0.6 is 0 Å². The molecule has 0 aromatic heterocycles. The smallest absolute Gasteiger partial charge is 0.311 e. The Kier molecular flexibility index (Phi) is 6.52. The molecule has 2 heterocycles. The van der Waals surface area contributed by atoms with Crippen molar-refractivity contribution in [1.82, 2.24) is 4.90 Å². The van der Waals surface area contributed by atoms with Gasteiger partial charge in [-0.15, -0.1) is 4.40 Å². The quantitative estimate of drug-likeness (QED) is 0.512. The Labute approximate surface area is 197 Å². The maximum absolute atomic E-state index is 12.8. The van der Waals surface area contributed by atoms with E-state index in [1.807, 2.05) is 0 Å². The monoisotopic (exact) mass is 483 g/mol. The molecule has 0 radical (unpaired) electrons. The molecule has 1 saturated heterocycles. The summed E-state index contributed by atoms with van der Waals surface area (Å²) < 4.78 is 34.1. The molecule has 2 aliphatic rings. The molecule has 9 nitrogen and oxygen atoms in total. The van der Waals surface area contributed by atoms with Gasteiger partial charge in [0.1, 0.15) is 4.90 Å². The Morgan fingerprint density at radius 1 is 1.12 bits per heavy atom. The number of ketones is 1. The molecule has 1 amide bonds. The zero-order valence-corrected chi connectivity index (χ0v) is 19.7. The SMILES string of the molecule is CC(=O)c1ccc(NC(=O)[C@@H](C)OC(=O)[C@@H]2CCCN(C3=NS(=O)(=O)c4ccccc43)C2)cc1. The fourth-order valence-corrected chi connectivity index (χ4v) is 5.26. The van der Waals surface area contributed by atoms with Crippen molar-refractivity contribution in [3.8, 4) is 0 Å². The minimum atomic E-state index is -3.75. The van der Waals surface area contributed by atoms with Crippen molar-refractivity contribution in [2.24, 2.45) is 10.3 Å². The number of esters is 1. The molecule has 34 heavy (non-hydrogen) atoms. The first-order valence-corrected chi connectivity index (χ1v) is 12.4. The molecule has 0 aliphatic carbocycles. The van der Waals surface area contributed by atoms with Gasteiger partial charge in [-0.1, -0.05) is 12.1 Å². The van der Waals surface area contributed by atoms with Crippen LogP contribution in [0.25, 0.3) is 0 Å². The first kappa shape index (κ1) is 23.6. The molecule has 2 aromatic rings. The number of nitrogens with zero attached hydrogens (tertiary/aromatic N) is 2. The Balaban J connectivity index is 1.38. The second-order valence-corrected chi connectivity index (χ2v) is 9.95. The summed E-state index contributed by atoms with van der Waals surface area (Å²) in [6.45, 7) is 3.77. The topological polar surface area (TPSA) is 122 Å². The molecule has 1 N–H and O–H groups in total. The van der Waals surface area contributed by atoms with E-state index in [0.29, 0.717) is 42.0 Å². The highest BCUT2D eigenvalue weighted by Crippen LogP contribution is 2.30. The summed E-state index contributed by atoms with van der Waals surface area (Å²) in [4.78, 5) is 38.6. The van der Waals surface area contributed by atoms with Crippen molar-refractivity contribution in [1.29, 1.82) is 0 Å². The zero-order valence-electron chi connectivity index (χ0n) is 18.9. The van der Waals surface area contributed by atoms with Gasteiger partial charge in [-0.05, 0) is 63.1 Å². The Morgan fingerprint density at radius 2 is 1.82 bits per heavy atom. The molecule has 4 rings (SSSR count). The molecule has 0 saturated carbocycles. The molecular formula is C24H25N3O6S. The van der Waals surface area contributed by atoms with Gasteiger partial charge in [0.05, 0.1) is 5.92 Å². The summed E-state index contributed by atoms with van der Waals surface area (Å²) >= 11 is 0. The first-order valence-electron chi connectivity index (χ1n) is 11.0. The molecule has 0 unspecified atom stereocenters. The molecule has 2 atom stereocenters. The van der Waals surface area contributed by atoms with E-state index in [4.69, 9.17) is 4.74 Å². The molecule has 2 aromatic carbocycles. The van der Waals surface area contributed by atoms with Crippen LogP contribution in [0.5, 0.6) is 0 Å². The lowest BCUT2D eigenvalue weighted by atomic mass is 9.97. The number of carbonyl (C=O) groups excluding carboxylic acids is 3. The van der Waals surface area contributed by atoms with Gasteiger partial charge in [0, 0.05) is 29.9 Å². The normalized spacial score (nSPS) is 19.5. The number of likely N-dealkylation sites (tertiary alicyclic amines) is 1. The number of rotatable bonds is 5. The van der Waals surface area contributed by atoms with E-state index in [1.165, 1.54) is 19.9 Å². The van der Waals surface area contributed by atoms with Crippen LogP contribution in [0.4, 0.5) is 5.69 Å². The number of hydrogen-bond acceptors (Lipinski definition) is 7. The average Bonchev–Trinajstić information content (AvgIpc) is 3.10. The Morgan fingerprint density at radius 3 is 2.53 bits per heavy atom. The number of fused-ring (bicyclic) bond motifs is 1. The number of ether oxygens (including phenoxy) is 1. The van der Waals surface area contributed by atoms with Gasteiger partial charge in [0.2, 0.25) is 0 Å². The number of sulfonamides is 1. The highest BCUT2D eigenvalue weighted by Gasteiger charge is 2.36. The van der Waals surface area contributed by atoms with Gasteiger partial charge >= 0.3 is 5.97 Å². The van der Waals surface area contributed by atoms with Crippen LogP contribution in [-0.4, -0.2) is 56.0 Å². The van der Waals surface area contributed by atoms with Gasteiger partial charge in [0.25, 0.3) is 15.9 Å². The Bertz CT molecular complexity index is 1270. The van der Waals surface area contributed by atoms with Crippen LogP contribution in [0, 0.1) is 5.92 Å². The summed E-state index contributed by atoms with van der Waals surface area (Å²) in [6, 6.07) is 13.0. The van der Waals surface area contributed by atoms with Gasteiger partial charge < -0.3 is 15.0 Å². The molecule has 10 heteroatoms. The van der Waals surface area contributed by atoms with E-state index in [1.54, 1.807) is 47.4 Å². The van der Waals surface area contributed by atoms with Gasteiger partial charge in [-0.25, -0.2) is 0 Å². The third kappa shape index (κ3) is 4.86. The Hall–Kier alpha value is -3.53. The van der Waals surface area contributed by atoms with Crippen molar-refractivity contribution in [3.63, 3.8) is 0 Å². The predicted molar refractivity (Wildman–Crippen MR) is 125 cm³/mol. The number of Topliss-reactive ketones (excluding diaryl/α,β-unsaturated/α-hetero) is 1. The molecule has 0 spiro atoms. The van der Waals surface area contributed by atoms with Gasteiger partial charge in [-0.3, -0.25) is 14.4 Å². The van der Waals surface area contributed by atoms with Crippen molar-refractivity contribution in [2.45, 2.75) is 37.7 Å². The molecular weight excluding hydrogens is 458 g/mol. The highest BCUT2D eigenvalue weighted by atomic mass is 32.2. The van der Waals surface area contributed by atoms with Gasteiger partial charge in [-0.2, -0.15) is 8.42 Å². The first-order chi connectivity index (χ1) is 16.2. The van der Waals surface area contributed by atoms with Gasteiger partial charge in [0.15, 0.2) is 17.7 Å². The summed E-state index contributed by atoms with van der Waals surface area (Å²) in [5, 5.41) is 2.67. The van der Waals surface area contributed by atoms with Crippen molar-refractivity contribution in [2.75, 3.05) is 18.4 Å². The van der Waals surface area contributed by atoms with Crippen molar-refractivity contribution >= 4 is 39.2 Å². The van der Waals surface area contributed by atoms with Crippen LogP contribution in [0.2, 0.25) is 0 Å². The number of carbonyl (C=O) groups is 3. The van der Waals surface area contributed by atoms with Crippen molar-refractivity contribution < 1.29 is 27.5 Å². The lowest BCUT2D eigenvalue weighted by molar-refractivity contribution is -0.158. The summed E-state index contributed by atoms with van der Waals surface area (Å²) in [5.74, 6) is -1.26. The fraction of sp³-hybridized carbons (Fsp3) is 0.333. The third-order valence-electron chi connectivity index (χ3n) is 5.89. The second kappa shape index (κ2) is 9.38. The van der Waals surface area contributed by atoms with E-state index in [9.17, 15) is 22.8 Å². The fourth-order valence-electron chi connectivity index (χ4n) is 4.03. The molecule has 0 bridgehead atoms. The minimum absolute atomic E-state index is 0.0774. The maximum Gasteiger partial charge on any atom is 0.311 e. The van der Waals surface area contributed by atoms with Crippen LogP contribution in [0.15, 0.2) is 57.8 Å².